The van der Waals surface area contributed by atoms with Gasteiger partial charge in [0.25, 0.3) is 5.91 Å². The van der Waals surface area contributed by atoms with Gasteiger partial charge in [-0.3, -0.25) is 4.79 Å². The Morgan fingerprint density at radius 3 is 2.81 bits per heavy atom. The van der Waals surface area contributed by atoms with Crippen LogP contribution in [0.2, 0.25) is 0 Å². The van der Waals surface area contributed by atoms with Crippen molar-refractivity contribution in [1.82, 2.24) is 4.98 Å². The van der Waals surface area contributed by atoms with Gasteiger partial charge in [0.15, 0.2) is 0 Å². The Bertz CT molecular complexity index is 843. The van der Waals surface area contributed by atoms with Crippen molar-refractivity contribution in [2.75, 3.05) is 6.61 Å². The van der Waals surface area contributed by atoms with E-state index in [4.69, 9.17) is 10.5 Å². The normalized spacial score (nSPS) is 16.3. The van der Waals surface area contributed by atoms with Crippen molar-refractivity contribution in [3.05, 3.63) is 46.9 Å². The second kappa shape index (κ2) is 7.33. The van der Waals surface area contributed by atoms with E-state index < -0.39 is 24.4 Å². The first-order valence-corrected chi connectivity index (χ1v) is 8.02. The fourth-order valence-electron chi connectivity index (χ4n) is 2.91. The van der Waals surface area contributed by atoms with Crippen molar-refractivity contribution in [3.63, 3.8) is 0 Å². The third-order valence-electron chi connectivity index (χ3n) is 4.16. The van der Waals surface area contributed by atoms with E-state index in [9.17, 15) is 18.0 Å². The van der Waals surface area contributed by atoms with Crippen molar-refractivity contribution in [2.24, 2.45) is 5.73 Å². The van der Waals surface area contributed by atoms with Gasteiger partial charge in [0.05, 0.1) is 6.61 Å². The van der Waals surface area contributed by atoms with Gasteiger partial charge in [0.1, 0.15) is 17.6 Å². The molecule has 0 radical (unpaired) electrons. The van der Waals surface area contributed by atoms with E-state index >= 15 is 0 Å². The van der Waals surface area contributed by atoms with Crippen LogP contribution in [0.5, 0.6) is 5.88 Å². The maximum absolute atomic E-state index is 14.4. The van der Waals surface area contributed by atoms with Crippen LogP contribution < -0.4 is 10.5 Å². The van der Waals surface area contributed by atoms with Crippen molar-refractivity contribution in [1.29, 1.82) is 0 Å². The molecule has 0 spiro atoms. The number of aryl methyl sites for hydroxylation is 1. The van der Waals surface area contributed by atoms with Crippen LogP contribution in [0.3, 0.4) is 0 Å². The first-order valence-electron chi connectivity index (χ1n) is 8.02. The molecule has 26 heavy (non-hydrogen) atoms. The van der Waals surface area contributed by atoms with Crippen LogP contribution in [0.25, 0.3) is 11.1 Å². The van der Waals surface area contributed by atoms with Crippen LogP contribution in [0.15, 0.2) is 24.3 Å². The van der Waals surface area contributed by atoms with Gasteiger partial charge in [0.2, 0.25) is 5.88 Å². The lowest BCUT2D eigenvalue weighted by Crippen LogP contribution is -2.30. The first kappa shape index (κ1) is 18.2. The van der Waals surface area contributed by atoms with Gasteiger partial charge in [-0.1, -0.05) is 12.1 Å². The van der Waals surface area contributed by atoms with E-state index in [2.05, 4.69) is 9.72 Å². The summed E-state index contributed by atoms with van der Waals surface area (Å²) in [5.41, 5.74) is 7.33. The largest absolute Gasteiger partial charge is 0.472 e. The number of alkyl halides is 2. The molecule has 1 atom stereocenters. The van der Waals surface area contributed by atoms with Crippen LogP contribution in [0.1, 0.15) is 28.0 Å². The topological polar surface area (TPSA) is 74.4 Å². The molecule has 2 N–H and O–H groups in total. The monoisotopic (exact) mass is 366 g/mol. The molecule has 0 saturated carbocycles. The number of rotatable bonds is 5. The van der Waals surface area contributed by atoms with Crippen LogP contribution >= 0.6 is 0 Å². The number of pyridine rings is 1. The number of hydrogen-bond acceptors (Lipinski definition) is 4. The van der Waals surface area contributed by atoms with Crippen molar-refractivity contribution in [3.8, 4) is 17.0 Å². The summed E-state index contributed by atoms with van der Waals surface area (Å²) in [4.78, 5) is 15.7. The van der Waals surface area contributed by atoms with Crippen LogP contribution in [0, 0.1) is 12.7 Å². The molecule has 5 nitrogen and oxygen atoms in total. The van der Waals surface area contributed by atoms with Crippen molar-refractivity contribution < 1.29 is 27.4 Å². The Morgan fingerprint density at radius 1 is 1.38 bits per heavy atom. The Kier molecular flexibility index (Phi) is 5.13. The van der Waals surface area contributed by atoms with Crippen LogP contribution in [0.4, 0.5) is 13.2 Å². The third kappa shape index (κ3) is 3.80. The minimum absolute atomic E-state index is 0.0883. The lowest BCUT2D eigenvalue weighted by Gasteiger charge is -2.27. The highest BCUT2D eigenvalue weighted by atomic mass is 19.3. The molecule has 8 heteroatoms. The smallest absolute Gasteiger partial charge is 0.345 e. The standard InChI is InChI=1S/C18H17F3N2O3/c1-9-2-4-11(14(19)6-9)13-7-15(16(22)24)23-17-12(13)5-3-10(26-17)8-25-18(20)21/h2,4,6-7,10,18H,3,5,8H2,1H3,(H2,22,24)/t10-/m0/s1. The number of halogens is 3. The average molecular weight is 366 g/mol. The number of carbonyl (C=O) groups excluding carboxylic acids is 1. The van der Waals surface area contributed by atoms with Gasteiger partial charge < -0.3 is 15.2 Å². The molecule has 2 heterocycles. The Balaban J connectivity index is 2.02. The molecule has 3 rings (SSSR count). The maximum Gasteiger partial charge on any atom is 0.345 e. The van der Waals surface area contributed by atoms with Gasteiger partial charge in [-0.2, -0.15) is 8.78 Å². The summed E-state index contributed by atoms with van der Waals surface area (Å²) >= 11 is 0. The molecule has 0 aliphatic carbocycles. The number of hydrogen-bond donors (Lipinski definition) is 1. The molecule has 1 aromatic heterocycles. The highest BCUT2D eigenvalue weighted by molar-refractivity contribution is 5.93. The van der Waals surface area contributed by atoms with Gasteiger partial charge in [-0.15, -0.1) is 0 Å². The molecule has 1 aliphatic rings. The zero-order chi connectivity index (χ0) is 18.8. The molecular weight excluding hydrogens is 349 g/mol. The molecule has 0 saturated heterocycles. The molecule has 0 fully saturated rings. The zero-order valence-electron chi connectivity index (χ0n) is 14.0. The number of aromatic nitrogens is 1. The van der Waals surface area contributed by atoms with Crippen molar-refractivity contribution >= 4 is 5.91 Å². The molecule has 138 valence electrons. The number of ether oxygens (including phenoxy) is 2. The van der Waals surface area contributed by atoms with Gasteiger partial charge in [-0.05, 0) is 43.0 Å². The van der Waals surface area contributed by atoms with E-state index in [1.165, 1.54) is 12.1 Å². The number of nitrogens with zero attached hydrogens (tertiary/aromatic N) is 1. The number of amides is 1. The third-order valence-corrected chi connectivity index (χ3v) is 4.16. The molecule has 1 aliphatic heterocycles. The molecule has 1 aromatic carbocycles. The molecule has 1 amide bonds. The summed E-state index contributed by atoms with van der Waals surface area (Å²) in [6.07, 6.45) is 0.182. The second-order valence-electron chi connectivity index (χ2n) is 6.06. The van der Waals surface area contributed by atoms with Gasteiger partial charge in [-0.25, -0.2) is 9.37 Å². The SMILES string of the molecule is Cc1ccc(-c2cc(C(N)=O)nc3c2CC[C@@H](COC(F)F)O3)c(F)c1. The summed E-state index contributed by atoms with van der Waals surface area (Å²) in [6, 6.07) is 6.17. The number of nitrogens with two attached hydrogens (primary N) is 1. The summed E-state index contributed by atoms with van der Waals surface area (Å²) in [6.45, 7) is -1.45. The Hall–Kier alpha value is -2.61. The lowest BCUT2D eigenvalue weighted by atomic mass is 9.93. The quantitative estimate of drug-likeness (QED) is 0.882. The summed E-state index contributed by atoms with van der Waals surface area (Å²) in [7, 11) is 0. The summed E-state index contributed by atoms with van der Waals surface area (Å²) in [5.74, 6) is -1.15. The second-order valence-corrected chi connectivity index (χ2v) is 6.06. The predicted octanol–water partition coefficient (Wildman–Crippen LogP) is 3.23. The highest BCUT2D eigenvalue weighted by Crippen LogP contribution is 2.36. The van der Waals surface area contributed by atoms with Crippen LogP contribution in [-0.4, -0.2) is 30.2 Å². The van der Waals surface area contributed by atoms with E-state index in [0.29, 0.717) is 29.5 Å². The van der Waals surface area contributed by atoms with E-state index in [1.54, 1.807) is 19.1 Å². The first-order chi connectivity index (χ1) is 12.3. The number of benzene rings is 1. The molecular formula is C18H17F3N2O3. The fraction of sp³-hybridized carbons (Fsp3) is 0.333. The maximum atomic E-state index is 14.4. The van der Waals surface area contributed by atoms with E-state index in [1.807, 2.05) is 0 Å². The van der Waals surface area contributed by atoms with Gasteiger partial charge >= 0.3 is 6.61 Å². The zero-order valence-corrected chi connectivity index (χ0v) is 14.0. The molecule has 0 unspecified atom stereocenters. The van der Waals surface area contributed by atoms with E-state index in [0.717, 1.165) is 5.56 Å². The molecule has 0 bridgehead atoms. The minimum atomic E-state index is -2.90. The fourth-order valence-corrected chi connectivity index (χ4v) is 2.91. The van der Waals surface area contributed by atoms with Crippen LogP contribution in [-0.2, 0) is 11.2 Å². The Morgan fingerprint density at radius 2 is 2.15 bits per heavy atom. The number of carbonyl (C=O) groups is 1. The minimum Gasteiger partial charge on any atom is -0.472 e. The number of fused-ring (bicyclic) bond motifs is 1. The Labute approximate surface area is 147 Å². The average Bonchev–Trinajstić information content (AvgIpc) is 2.58. The highest BCUT2D eigenvalue weighted by Gasteiger charge is 2.27. The lowest BCUT2D eigenvalue weighted by molar-refractivity contribution is -0.146. The predicted molar refractivity (Wildman–Crippen MR) is 87.6 cm³/mol. The van der Waals surface area contributed by atoms with E-state index in [-0.39, 0.29) is 18.2 Å². The summed E-state index contributed by atoms with van der Waals surface area (Å²) < 4.78 is 48.8. The molecule has 2 aromatic rings. The van der Waals surface area contributed by atoms with Crippen molar-refractivity contribution in [2.45, 2.75) is 32.5 Å². The van der Waals surface area contributed by atoms with Gasteiger partial charge in [0, 0.05) is 11.1 Å². The number of primary amides is 1. The summed E-state index contributed by atoms with van der Waals surface area (Å²) in [5, 5.41) is 0.